The molecular formula is C33H40ClIN4O2. The predicted molar refractivity (Wildman–Crippen MR) is 176 cm³/mol. The Bertz CT molecular complexity index is 1240. The van der Waals surface area contributed by atoms with Crippen molar-refractivity contribution in [1.29, 1.82) is 0 Å². The van der Waals surface area contributed by atoms with Gasteiger partial charge in [-0.25, -0.2) is 0 Å². The average Bonchev–Trinajstić information content (AvgIpc) is 3.12. The maximum Gasteiger partial charge on any atom is 0.251 e. The van der Waals surface area contributed by atoms with Gasteiger partial charge in [-0.3, -0.25) is 9.59 Å². The van der Waals surface area contributed by atoms with Crippen molar-refractivity contribution in [3.05, 3.63) is 104 Å². The number of hydrogen-bond donors (Lipinski definition) is 3. The Morgan fingerprint density at radius 1 is 1.00 bits per heavy atom. The molecule has 1 aliphatic heterocycles. The summed E-state index contributed by atoms with van der Waals surface area (Å²) in [5, 5.41) is 10.8. The van der Waals surface area contributed by atoms with Crippen LogP contribution in [0.5, 0.6) is 0 Å². The molecule has 2 atom stereocenters. The van der Waals surface area contributed by atoms with E-state index in [9.17, 15) is 9.59 Å². The lowest BCUT2D eigenvalue weighted by atomic mass is 9.90. The van der Waals surface area contributed by atoms with Gasteiger partial charge >= 0.3 is 0 Å². The summed E-state index contributed by atoms with van der Waals surface area (Å²) < 4.78 is 0.850. The summed E-state index contributed by atoms with van der Waals surface area (Å²) in [6, 6.07) is 26.4. The van der Waals surface area contributed by atoms with Gasteiger partial charge in [0.1, 0.15) is 0 Å². The summed E-state index contributed by atoms with van der Waals surface area (Å²) in [6.07, 6.45) is 2.28. The molecule has 4 rings (SSSR count). The second kappa shape index (κ2) is 15.7. The van der Waals surface area contributed by atoms with Crippen LogP contribution < -0.4 is 16.0 Å². The average molecular weight is 687 g/mol. The number of benzene rings is 3. The molecule has 0 bridgehead atoms. The lowest BCUT2D eigenvalue weighted by Gasteiger charge is -2.29. The number of carbonyl (C=O) groups excluding carboxylic acids is 2. The SMILES string of the molecule is CC(C)NCC[C@@H]1N[C@H](CCNC(=O)c2ccc(Cl)c(I)c2)CCN(CC(c2ccccc2)c2ccccc2)C1=O. The Morgan fingerprint density at radius 2 is 1.66 bits per heavy atom. The molecule has 2 amide bonds. The molecule has 0 radical (unpaired) electrons. The van der Waals surface area contributed by atoms with Crippen molar-refractivity contribution >= 4 is 46.0 Å². The largest absolute Gasteiger partial charge is 0.352 e. The minimum atomic E-state index is -0.283. The van der Waals surface area contributed by atoms with E-state index >= 15 is 0 Å². The number of carbonyl (C=O) groups is 2. The Morgan fingerprint density at radius 3 is 2.27 bits per heavy atom. The zero-order chi connectivity index (χ0) is 29.2. The summed E-state index contributed by atoms with van der Waals surface area (Å²) in [5.74, 6) is 0.126. The highest BCUT2D eigenvalue weighted by Gasteiger charge is 2.32. The van der Waals surface area contributed by atoms with E-state index in [0.29, 0.717) is 42.7 Å². The summed E-state index contributed by atoms with van der Waals surface area (Å²) in [6.45, 7) is 6.82. The Kier molecular flexibility index (Phi) is 12.0. The van der Waals surface area contributed by atoms with Crippen LogP contribution in [0.25, 0.3) is 0 Å². The third kappa shape index (κ3) is 9.26. The molecule has 0 aromatic heterocycles. The van der Waals surface area contributed by atoms with E-state index in [0.717, 1.165) is 23.0 Å². The second-order valence-electron chi connectivity index (χ2n) is 10.9. The predicted octanol–water partition coefficient (Wildman–Crippen LogP) is 5.84. The molecule has 1 aliphatic rings. The fourth-order valence-electron chi connectivity index (χ4n) is 5.31. The van der Waals surface area contributed by atoms with E-state index < -0.39 is 0 Å². The summed E-state index contributed by atoms with van der Waals surface area (Å²) in [7, 11) is 0. The lowest BCUT2D eigenvalue weighted by Crippen LogP contribution is -2.48. The quantitative estimate of drug-likeness (QED) is 0.210. The van der Waals surface area contributed by atoms with Crippen molar-refractivity contribution in [2.45, 2.75) is 57.2 Å². The van der Waals surface area contributed by atoms with E-state index in [1.807, 2.05) is 17.0 Å². The smallest absolute Gasteiger partial charge is 0.251 e. The molecule has 1 saturated heterocycles. The number of nitrogens with zero attached hydrogens (tertiary/aromatic N) is 1. The fourth-order valence-corrected chi connectivity index (χ4v) is 5.94. The third-order valence-electron chi connectivity index (χ3n) is 7.55. The fraction of sp³-hybridized carbons (Fsp3) is 0.394. The maximum absolute atomic E-state index is 13.9. The van der Waals surface area contributed by atoms with Crippen LogP contribution in [0.15, 0.2) is 78.9 Å². The molecule has 0 saturated carbocycles. The van der Waals surface area contributed by atoms with E-state index in [1.165, 1.54) is 11.1 Å². The van der Waals surface area contributed by atoms with Gasteiger partial charge in [0.2, 0.25) is 5.91 Å². The Balaban J connectivity index is 1.45. The van der Waals surface area contributed by atoms with Gasteiger partial charge in [-0.15, -0.1) is 0 Å². The highest BCUT2D eigenvalue weighted by atomic mass is 127. The molecule has 3 aromatic carbocycles. The minimum absolute atomic E-state index is 0.0915. The number of halogens is 2. The van der Waals surface area contributed by atoms with Crippen molar-refractivity contribution in [2.75, 3.05) is 26.2 Å². The van der Waals surface area contributed by atoms with Crippen LogP contribution in [0.3, 0.4) is 0 Å². The summed E-state index contributed by atoms with van der Waals surface area (Å²) in [4.78, 5) is 28.7. The van der Waals surface area contributed by atoms with Gasteiger partial charge in [0.25, 0.3) is 5.91 Å². The zero-order valence-electron chi connectivity index (χ0n) is 23.8. The van der Waals surface area contributed by atoms with Gasteiger partial charge < -0.3 is 20.9 Å². The molecule has 3 aromatic rings. The van der Waals surface area contributed by atoms with Crippen LogP contribution in [0.2, 0.25) is 5.02 Å². The molecule has 0 spiro atoms. The molecule has 1 fully saturated rings. The topological polar surface area (TPSA) is 73.5 Å². The molecular weight excluding hydrogens is 647 g/mol. The van der Waals surface area contributed by atoms with E-state index in [4.69, 9.17) is 11.6 Å². The molecule has 3 N–H and O–H groups in total. The summed E-state index contributed by atoms with van der Waals surface area (Å²) >= 11 is 8.25. The minimum Gasteiger partial charge on any atom is -0.352 e. The van der Waals surface area contributed by atoms with Crippen molar-refractivity contribution < 1.29 is 9.59 Å². The van der Waals surface area contributed by atoms with E-state index in [1.54, 1.807) is 18.2 Å². The van der Waals surface area contributed by atoms with E-state index in [2.05, 4.69) is 101 Å². The number of hydrogen-bond acceptors (Lipinski definition) is 4. The Hall–Kier alpha value is -2.46. The van der Waals surface area contributed by atoms with Crippen LogP contribution in [-0.4, -0.2) is 61.0 Å². The molecule has 1 heterocycles. The van der Waals surface area contributed by atoms with Crippen LogP contribution >= 0.6 is 34.2 Å². The van der Waals surface area contributed by atoms with Crippen molar-refractivity contribution in [2.24, 2.45) is 0 Å². The number of rotatable bonds is 12. The van der Waals surface area contributed by atoms with Gasteiger partial charge in [0, 0.05) is 46.8 Å². The first-order valence-corrected chi connectivity index (χ1v) is 15.9. The van der Waals surface area contributed by atoms with Gasteiger partial charge in [-0.1, -0.05) is 86.1 Å². The zero-order valence-corrected chi connectivity index (χ0v) is 26.7. The summed E-state index contributed by atoms with van der Waals surface area (Å²) in [5.41, 5.74) is 3.01. The second-order valence-corrected chi connectivity index (χ2v) is 12.5. The third-order valence-corrected chi connectivity index (χ3v) is 9.09. The number of nitrogens with one attached hydrogen (secondary N) is 3. The van der Waals surface area contributed by atoms with Crippen molar-refractivity contribution in [1.82, 2.24) is 20.9 Å². The van der Waals surface area contributed by atoms with Gasteiger partial charge in [0.15, 0.2) is 0 Å². The molecule has 218 valence electrons. The molecule has 41 heavy (non-hydrogen) atoms. The molecule has 0 unspecified atom stereocenters. The van der Waals surface area contributed by atoms with Crippen LogP contribution in [0, 0.1) is 3.57 Å². The van der Waals surface area contributed by atoms with Crippen molar-refractivity contribution in [3.8, 4) is 0 Å². The molecule has 0 aliphatic carbocycles. The van der Waals surface area contributed by atoms with Crippen LogP contribution in [-0.2, 0) is 4.79 Å². The van der Waals surface area contributed by atoms with Crippen LogP contribution in [0.1, 0.15) is 60.5 Å². The normalized spacial score (nSPS) is 17.6. The van der Waals surface area contributed by atoms with Gasteiger partial charge in [-0.05, 0) is 77.7 Å². The first-order valence-electron chi connectivity index (χ1n) is 14.4. The molecule has 6 nitrogen and oxygen atoms in total. The lowest BCUT2D eigenvalue weighted by molar-refractivity contribution is -0.133. The van der Waals surface area contributed by atoms with Crippen molar-refractivity contribution in [3.63, 3.8) is 0 Å². The Labute approximate surface area is 262 Å². The van der Waals surface area contributed by atoms with Crippen LogP contribution in [0.4, 0.5) is 0 Å². The van der Waals surface area contributed by atoms with Gasteiger partial charge in [-0.2, -0.15) is 0 Å². The monoisotopic (exact) mass is 686 g/mol. The highest BCUT2D eigenvalue weighted by molar-refractivity contribution is 14.1. The van der Waals surface area contributed by atoms with E-state index in [-0.39, 0.29) is 29.8 Å². The standard InChI is InChI=1S/C33H40ClIN4O2/c1-23(2)36-19-16-31-33(41)39(22-28(24-9-5-3-6-10-24)25-11-7-4-8-12-25)20-17-27(38-31)15-18-37-32(40)26-13-14-29(34)30(35)21-26/h3-14,21,23,27-28,31,36,38H,15-20,22H2,1-2H3,(H,37,40)/t27-,31+/m1/s1. The molecule has 8 heteroatoms. The number of amides is 2. The highest BCUT2D eigenvalue weighted by Crippen LogP contribution is 2.27. The first kappa shape index (κ1) is 31.5. The maximum atomic E-state index is 13.9. The first-order chi connectivity index (χ1) is 19.8. The van der Waals surface area contributed by atoms with Gasteiger partial charge in [0.05, 0.1) is 11.1 Å².